The van der Waals surface area contributed by atoms with Gasteiger partial charge in [-0.25, -0.2) is 0 Å². The first-order valence-electron chi connectivity index (χ1n) is 23.5. The van der Waals surface area contributed by atoms with Crippen LogP contribution in [0.25, 0.3) is 0 Å². The molecule has 64 heavy (non-hydrogen) atoms. The van der Waals surface area contributed by atoms with Crippen molar-refractivity contribution in [2.75, 3.05) is 19.8 Å². The number of rotatable bonds is 12. The predicted octanol–water partition coefficient (Wildman–Crippen LogP) is -1.86. The zero-order valence-electron chi connectivity index (χ0n) is 37.4. The van der Waals surface area contributed by atoms with Crippen molar-refractivity contribution in [3.8, 4) is 0 Å². The SMILES string of the molecule is C[C@H](CC[C@]1(O)O[C@H]2C[C@H]3[C@@H]4CC=C5C[C@@H](O)C[C@@H](O[C@@H]6O[C@H](CO)[C@H](O)[C@H](O)[C@H]6O)[C@]5(C)[C@H]4CC[C@]3(C)[C@H]2[C@@H]1C)CO[C@@H]1O[C@H](CO)[C@H](O)[C@H](O)[C@H]1O[C@H]1O[C@H](C)[C@@H](O)[C@H](O)[C@@H]1O. The molecule has 0 radical (unpaired) electrons. The summed E-state index contributed by atoms with van der Waals surface area (Å²) in [5.74, 6) is -1.01. The van der Waals surface area contributed by atoms with E-state index < -0.39 is 129 Å². The van der Waals surface area contributed by atoms with Gasteiger partial charge in [-0.1, -0.05) is 39.3 Å². The molecule has 0 unspecified atom stereocenters. The van der Waals surface area contributed by atoms with Gasteiger partial charge in [0.2, 0.25) is 0 Å². The smallest absolute Gasteiger partial charge is 0.187 e. The largest absolute Gasteiger partial charge is 0.394 e. The summed E-state index contributed by atoms with van der Waals surface area (Å²) in [5.41, 5.74) is 0.442. The Kier molecular flexibility index (Phi) is 14.4. The maximum atomic E-state index is 12.2. The molecule has 0 aromatic carbocycles. The highest BCUT2D eigenvalue weighted by Gasteiger charge is 2.69. The van der Waals surface area contributed by atoms with E-state index in [1.54, 1.807) is 0 Å². The summed E-state index contributed by atoms with van der Waals surface area (Å²) in [6, 6.07) is 0. The van der Waals surface area contributed by atoms with Crippen LogP contribution in [0.4, 0.5) is 0 Å². The summed E-state index contributed by atoms with van der Waals surface area (Å²) in [7, 11) is 0. The lowest BCUT2D eigenvalue weighted by Crippen LogP contribution is -2.64. The van der Waals surface area contributed by atoms with Gasteiger partial charge in [0, 0.05) is 24.2 Å². The van der Waals surface area contributed by atoms with Crippen molar-refractivity contribution < 1.29 is 94.4 Å². The molecular weight excluding hydrogens is 844 g/mol. The molecular formula is C45H74O19. The summed E-state index contributed by atoms with van der Waals surface area (Å²) in [4.78, 5) is 0. The number of fused-ring (bicyclic) bond motifs is 7. The molecule has 0 aromatic rings. The Bertz CT molecular complexity index is 1640. The van der Waals surface area contributed by atoms with Crippen LogP contribution >= 0.6 is 0 Å². The van der Waals surface area contributed by atoms with Crippen LogP contribution in [-0.4, -0.2) is 197 Å². The number of allylic oxidation sites excluding steroid dienone is 1. The third-order valence-electron chi connectivity index (χ3n) is 17.4. The summed E-state index contributed by atoms with van der Waals surface area (Å²) >= 11 is 0. The molecule has 0 amide bonds. The van der Waals surface area contributed by atoms with Crippen LogP contribution in [0, 0.1) is 46.3 Å². The van der Waals surface area contributed by atoms with E-state index in [9.17, 15) is 61.3 Å². The van der Waals surface area contributed by atoms with E-state index in [-0.39, 0.29) is 53.6 Å². The number of hydrogen-bond donors (Lipinski definition) is 12. The molecule has 8 aliphatic rings. The Balaban J connectivity index is 0.904. The average molecular weight is 919 g/mol. The summed E-state index contributed by atoms with van der Waals surface area (Å²) < 4.78 is 42.3. The molecule has 19 heteroatoms. The van der Waals surface area contributed by atoms with Gasteiger partial charge in [0.25, 0.3) is 0 Å². The van der Waals surface area contributed by atoms with Crippen LogP contribution in [0.5, 0.6) is 0 Å². The molecule has 368 valence electrons. The standard InChI is InChI=1S/C45H74O19/c1-18(17-58-42-39(36(54)33(51)28(16-47)61-42)63-40-37(55)34(52)31(49)20(3)59-40)8-11-45(57)19(2)30-26(64-45)14-25-23-7-6-21-12-22(48)13-29(44(21,5)24(23)9-10-43(25,30)4)62-41-38(56)35(53)32(50)27(15-46)60-41/h6,18-20,22-42,46-57H,7-17H2,1-5H3/t18-,19+,20-,22-,23-,24+,25+,26+,27-,28-,29-,30+,31-,32+,33+,34+,35+,36+,37+,38-,39-,40-,41+,42-,43+,44+,45+/m1/s1. The van der Waals surface area contributed by atoms with E-state index in [4.69, 9.17) is 33.2 Å². The normalized spacial score (nSPS) is 55.5. The molecule has 4 aliphatic carbocycles. The minimum Gasteiger partial charge on any atom is -0.394 e. The minimum absolute atomic E-state index is 0.0594. The second kappa shape index (κ2) is 18.7. The summed E-state index contributed by atoms with van der Waals surface area (Å²) in [6.45, 7) is 8.84. The highest BCUT2D eigenvalue weighted by molar-refractivity contribution is 5.28. The Morgan fingerprint density at radius 2 is 1.38 bits per heavy atom. The van der Waals surface area contributed by atoms with Crippen molar-refractivity contribution in [3.63, 3.8) is 0 Å². The maximum absolute atomic E-state index is 12.2. The second-order valence-electron chi connectivity index (χ2n) is 21.1. The molecule has 27 atom stereocenters. The number of aliphatic hydroxyl groups is 12. The van der Waals surface area contributed by atoms with Gasteiger partial charge in [0.15, 0.2) is 24.7 Å². The quantitative estimate of drug-likeness (QED) is 0.0956. The first-order chi connectivity index (χ1) is 30.2. The Morgan fingerprint density at radius 3 is 2.05 bits per heavy atom. The van der Waals surface area contributed by atoms with Gasteiger partial charge in [-0.15, -0.1) is 0 Å². The third kappa shape index (κ3) is 8.36. The summed E-state index contributed by atoms with van der Waals surface area (Å²) in [5, 5.41) is 127. The van der Waals surface area contributed by atoms with Crippen LogP contribution in [0.2, 0.25) is 0 Å². The van der Waals surface area contributed by atoms with E-state index in [1.165, 1.54) is 6.92 Å². The molecule has 4 saturated heterocycles. The maximum Gasteiger partial charge on any atom is 0.187 e. The molecule has 4 heterocycles. The fourth-order valence-corrected chi connectivity index (χ4v) is 13.6. The first kappa shape index (κ1) is 49.4. The monoisotopic (exact) mass is 918 g/mol. The summed E-state index contributed by atoms with van der Waals surface area (Å²) in [6.07, 6.45) is -15.6. The molecule has 19 nitrogen and oxygen atoms in total. The minimum atomic E-state index is -1.69. The van der Waals surface area contributed by atoms with Crippen LogP contribution in [0.15, 0.2) is 11.6 Å². The van der Waals surface area contributed by atoms with Crippen LogP contribution < -0.4 is 0 Å². The average Bonchev–Trinajstić information content (AvgIpc) is 3.70. The van der Waals surface area contributed by atoms with E-state index in [1.807, 2.05) is 6.92 Å². The fourth-order valence-electron chi connectivity index (χ4n) is 13.6. The van der Waals surface area contributed by atoms with E-state index in [0.717, 1.165) is 31.3 Å². The molecule has 0 aromatic heterocycles. The van der Waals surface area contributed by atoms with Gasteiger partial charge in [0.05, 0.1) is 44.2 Å². The van der Waals surface area contributed by atoms with Gasteiger partial charge in [0.1, 0.15) is 67.1 Å². The Hall–Kier alpha value is -1.02. The Labute approximate surface area is 373 Å². The molecule has 12 N–H and O–H groups in total. The molecule has 0 bridgehead atoms. The zero-order chi connectivity index (χ0) is 46.4. The van der Waals surface area contributed by atoms with E-state index in [2.05, 4.69) is 26.8 Å². The molecule has 8 rings (SSSR count). The molecule has 7 fully saturated rings. The second-order valence-corrected chi connectivity index (χ2v) is 21.1. The van der Waals surface area contributed by atoms with Crippen molar-refractivity contribution in [1.29, 1.82) is 0 Å². The topological polar surface area (TPSA) is 307 Å². The van der Waals surface area contributed by atoms with Crippen LogP contribution in [0.1, 0.15) is 86.0 Å². The third-order valence-corrected chi connectivity index (χ3v) is 17.4. The number of hydrogen-bond acceptors (Lipinski definition) is 19. The van der Waals surface area contributed by atoms with E-state index >= 15 is 0 Å². The van der Waals surface area contributed by atoms with Crippen LogP contribution in [0.3, 0.4) is 0 Å². The lowest BCUT2D eigenvalue weighted by Gasteiger charge is -2.60. The van der Waals surface area contributed by atoms with Gasteiger partial charge in [-0.3, -0.25) is 0 Å². The highest BCUT2D eigenvalue weighted by Crippen LogP contribution is 2.70. The van der Waals surface area contributed by atoms with E-state index in [0.29, 0.717) is 25.7 Å². The number of aliphatic hydroxyl groups excluding tert-OH is 11. The van der Waals surface area contributed by atoms with Crippen molar-refractivity contribution in [2.24, 2.45) is 46.3 Å². The Morgan fingerprint density at radius 1 is 0.750 bits per heavy atom. The van der Waals surface area contributed by atoms with Crippen molar-refractivity contribution in [2.45, 2.75) is 202 Å². The van der Waals surface area contributed by atoms with Gasteiger partial charge < -0.3 is 94.4 Å². The highest BCUT2D eigenvalue weighted by atomic mass is 16.8. The fraction of sp³-hybridized carbons (Fsp3) is 0.956. The first-order valence-corrected chi connectivity index (χ1v) is 23.5. The van der Waals surface area contributed by atoms with Crippen LogP contribution in [-0.2, 0) is 33.2 Å². The van der Waals surface area contributed by atoms with Crippen molar-refractivity contribution in [3.05, 3.63) is 11.6 Å². The number of ether oxygens (including phenoxy) is 7. The van der Waals surface area contributed by atoms with Gasteiger partial charge >= 0.3 is 0 Å². The van der Waals surface area contributed by atoms with Gasteiger partial charge in [-0.2, -0.15) is 0 Å². The van der Waals surface area contributed by atoms with Crippen molar-refractivity contribution in [1.82, 2.24) is 0 Å². The molecule has 3 saturated carbocycles. The zero-order valence-corrected chi connectivity index (χ0v) is 37.4. The molecule has 0 spiro atoms. The molecule has 4 aliphatic heterocycles. The van der Waals surface area contributed by atoms with Crippen molar-refractivity contribution >= 4 is 0 Å². The predicted molar refractivity (Wildman–Crippen MR) is 219 cm³/mol. The lowest BCUT2D eigenvalue weighted by molar-refractivity contribution is -0.365. The van der Waals surface area contributed by atoms with Gasteiger partial charge in [-0.05, 0) is 80.5 Å². The lowest BCUT2D eigenvalue weighted by atomic mass is 9.46.